The van der Waals surface area contributed by atoms with Crippen molar-refractivity contribution in [1.82, 2.24) is 9.80 Å². The van der Waals surface area contributed by atoms with Crippen molar-refractivity contribution >= 4 is 17.4 Å². The summed E-state index contributed by atoms with van der Waals surface area (Å²) in [6, 6.07) is 15.7. The second-order valence-corrected chi connectivity index (χ2v) is 9.40. The monoisotopic (exact) mass is 434 g/mol. The van der Waals surface area contributed by atoms with Crippen LogP contribution in [0.15, 0.2) is 42.5 Å². The summed E-state index contributed by atoms with van der Waals surface area (Å²) in [4.78, 5) is 20.0. The molecule has 6 nitrogen and oxygen atoms in total. The van der Waals surface area contributed by atoms with Gasteiger partial charge in [0.2, 0.25) is 0 Å². The molecule has 3 aliphatic heterocycles. The number of nitrogens with zero attached hydrogens (tertiary/aromatic N) is 3. The smallest absolute Gasteiger partial charge is 0.322 e. The summed E-state index contributed by atoms with van der Waals surface area (Å²) in [6.45, 7) is 7.31. The minimum Gasteiger partial charge on any atom is -0.497 e. The molecule has 2 aromatic carbocycles. The van der Waals surface area contributed by atoms with Crippen molar-refractivity contribution < 1.29 is 9.53 Å². The van der Waals surface area contributed by atoms with Gasteiger partial charge in [0.15, 0.2) is 0 Å². The van der Waals surface area contributed by atoms with Crippen LogP contribution in [0.3, 0.4) is 0 Å². The number of methoxy groups -OCH3 is 1. The standard InChI is InChI=1S/C26H34N4O2/c1-19-5-4-12-30(19)24-11-14-28(18-24)23-9-8-21-17-29(13-10-20(21)15-23)26(31)27-22-6-3-7-25(16-22)32-2/h3,6-9,15-16,19,24H,4-5,10-14,17-18H2,1-2H3,(H,27,31)/t19-,24-/m0/s1. The van der Waals surface area contributed by atoms with Gasteiger partial charge in [-0.05, 0) is 74.5 Å². The van der Waals surface area contributed by atoms with Crippen molar-refractivity contribution in [3.05, 3.63) is 53.6 Å². The van der Waals surface area contributed by atoms with Gasteiger partial charge in [-0.2, -0.15) is 0 Å². The minimum atomic E-state index is -0.0601. The molecule has 2 atom stereocenters. The van der Waals surface area contributed by atoms with Crippen molar-refractivity contribution in [1.29, 1.82) is 0 Å². The van der Waals surface area contributed by atoms with Crippen LogP contribution in [-0.4, -0.2) is 61.2 Å². The predicted molar refractivity (Wildman–Crippen MR) is 129 cm³/mol. The Balaban J connectivity index is 1.21. The van der Waals surface area contributed by atoms with Crippen LogP contribution in [0.4, 0.5) is 16.2 Å². The van der Waals surface area contributed by atoms with Crippen LogP contribution in [0, 0.1) is 0 Å². The number of hydrogen-bond acceptors (Lipinski definition) is 4. The molecule has 3 heterocycles. The second kappa shape index (κ2) is 9.02. The molecule has 0 spiro atoms. The third kappa shape index (κ3) is 4.29. The van der Waals surface area contributed by atoms with E-state index in [1.807, 2.05) is 29.2 Å². The quantitative estimate of drug-likeness (QED) is 0.777. The first-order valence-electron chi connectivity index (χ1n) is 11.9. The zero-order chi connectivity index (χ0) is 22.1. The lowest BCUT2D eigenvalue weighted by Gasteiger charge is -2.31. The van der Waals surface area contributed by atoms with Crippen LogP contribution in [0.2, 0.25) is 0 Å². The highest BCUT2D eigenvalue weighted by Gasteiger charge is 2.33. The summed E-state index contributed by atoms with van der Waals surface area (Å²) in [6.07, 6.45) is 4.85. The van der Waals surface area contributed by atoms with E-state index in [2.05, 4.69) is 40.2 Å². The van der Waals surface area contributed by atoms with E-state index in [0.717, 1.165) is 43.5 Å². The first-order valence-corrected chi connectivity index (χ1v) is 11.9. The summed E-state index contributed by atoms with van der Waals surface area (Å²) in [5.74, 6) is 0.739. The minimum absolute atomic E-state index is 0.0601. The summed E-state index contributed by atoms with van der Waals surface area (Å²) in [5, 5.41) is 3.00. The average molecular weight is 435 g/mol. The molecule has 1 N–H and O–H groups in total. The number of nitrogens with one attached hydrogen (secondary N) is 1. The lowest BCUT2D eigenvalue weighted by Crippen LogP contribution is -2.40. The Bertz CT molecular complexity index is 978. The molecule has 0 aliphatic carbocycles. The predicted octanol–water partition coefficient (Wildman–Crippen LogP) is 4.35. The van der Waals surface area contributed by atoms with Crippen molar-refractivity contribution in [2.45, 2.75) is 51.2 Å². The second-order valence-electron chi connectivity index (χ2n) is 9.40. The Hall–Kier alpha value is -2.73. The van der Waals surface area contributed by atoms with E-state index < -0.39 is 0 Å². The van der Waals surface area contributed by atoms with Crippen LogP contribution in [0.1, 0.15) is 37.3 Å². The Morgan fingerprint density at radius 1 is 1.06 bits per heavy atom. The molecule has 32 heavy (non-hydrogen) atoms. The van der Waals surface area contributed by atoms with Gasteiger partial charge < -0.3 is 19.9 Å². The van der Waals surface area contributed by atoms with Crippen LogP contribution >= 0.6 is 0 Å². The van der Waals surface area contributed by atoms with Gasteiger partial charge in [-0.25, -0.2) is 4.79 Å². The lowest BCUT2D eigenvalue weighted by atomic mass is 9.99. The number of likely N-dealkylation sites (tertiary alicyclic amines) is 1. The summed E-state index contributed by atoms with van der Waals surface area (Å²) >= 11 is 0. The van der Waals surface area contributed by atoms with Gasteiger partial charge in [-0.1, -0.05) is 12.1 Å². The normalized spacial score (nSPS) is 23.3. The SMILES string of the molecule is COc1cccc(NC(=O)N2CCc3cc(N4CC[C@H](N5CCC[C@@H]5C)C4)ccc3C2)c1. The molecule has 6 heteroatoms. The van der Waals surface area contributed by atoms with Crippen molar-refractivity contribution in [2.24, 2.45) is 0 Å². The molecular formula is C26H34N4O2. The van der Waals surface area contributed by atoms with Gasteiger partial charge in [-0.3, -0.25) is 4.90 Å². The number of benzene rings is 2. The van der Waals surface area contributed by atoms with Crippen LogP contribution < -0.4 is 15.0 Å². The molecule has 3 aliphatic rings. The Morgan fingerprint density at radius 2 is 1.97 bits per heavy atom. The van der Waals surface area contributed by atoms with E-state index in [1.165, 1.54) is 42.6 Å². The number of amides is 2. The van der Waals surface area contributed by atoms with Crippen molar-refractivity contribution in [3.8, 4) is 5.75 Å². The summed E-state index contributed by atoms with van der Waals surface area (Å²) < 4.78 is 5.25. The highest BCUT2D eigenvalue weighted by atomic mass is 16.5. The van der Waals surface area contributed by atoms with Crippen LogP contribution in [0.25, 0.3) is 0 Å². The zero-order valence-electron chi connectivity index (χ0n) is 19.2. The Kier molecular flexibility index (Phi) is 5.96. The van der Waals surface area contributed by atoms with Crippen LogP contribution in [-0.2, 0) is 13.0 Å². The number of urea groups is 1. The van der Waals surface area contributed by atoms with E-state index in [0.29, 0.717) is 12.6 Å². The lowest BCUT2D eigenvalue weighted by molar-refractivity contribution is 0.203. The van der Waals surface area contributed by atoms with Gasteiger partial charge >= 0.3 is 6.03 Å². The highest BCUT2D eigenvalue weighted by molar-refractivity contribution is 5.89. The number of rotatable bonds is 4. The van der Waals surface area contributed by atoms with E-state index in [9.17, 15) is 4.79 Å². The number of carbonyl (C=O) groups excluding carboxylic acids is 1. The third-order valence-electron chi connectivity index (χ3n) is 7.41. The first kappa shape index (κ1) is 21.1. The number of anilines is 2. The van der Waals surface area contributed by atoms with E-state index in [1.54, 1.807) is 7.11 Å². The molecule has 0 saturated carbocycles. The van der Waals surface area contributed by atoms with Crippen molar-refractivity contribution in [2.75, 3.05) is 43.5 Å². The molecule has 0 aromatic heterocycles. The van der Waals surface area contributed by atoms with Gasteiger partial charge in [0.1, 0.15) is 5.75 Å². The number of fused-ring (bicyclic) bond motifs is 1. The maximum absolute atomic E-state index is 12.8. The molecule has 0 unspecified atom stereocenters. The van der Waals surface area contributed by atoms with E-state index in [4.69, 9.17) is 4.74 Å². The topological polar surface area (TPSA) is 48.1 Å². The third-order valence-corrected chi connectivity index (χ3v) is 7.41. The molecule has 5 rings (SSSR count). The first-order chi connectivity index (χ1) is 15.6. The van der Waals surface area contributed by atoms with Gasteiger partial charge in [0, 0.05) is 55.7 Å². The Morgan fingerprint density at radius 3 is 2.78 bits per heavy atom. The molecule has 2 saturated heterocycles. The summed E-state index contributed by atoms with van der Waals surface area (Å²) in [5.41, 5.74) is 4.73. The zero-order valence-corrected chi connectivity index (χ0v) is 19.2. The number of carbonyl (C=O) groups is 1. The molecule has 170 valence electrons. The van der Waals surface area contributed by atoms with Crippen molar-refractivity contribution in [3.63, 3.8) is 0 Å². The number of ether oxygens (including phenoxy) is 1. The summed E-state index contributed by atoms with van der Waals surface area (Å²) in [7, 11) is 1.63. The number of hydrogen-bond donors (Lipinski definition) is 1. The highest BCUT2D eigenvalue weighted by Crippen LogP contribution is 2.31. The fourth-order valence-corrected chi connectivity index (χ4v) is 5.56. The average Bonchev–Trinajstić information content (AvgIpc) is 3.47. The maximum atomic E-state index is 12.8. The maximum Gasteiger partial charge on any atom is 0.322 e. The van der Waals surface area contributed by atoms with E-state index in [-0.39, 0.29) is 6.03 Å². The van der Waals surface area contributed by atoms with Gasteiger partial charge in [-0.15, -0.1) is 0 Å². The van der Waals surface area contributed by atoms with Crippen LogP contribution in [0.5, 0.6) is 5.75 Å². The molecule has 2 fully saturated rings. The molecular weight excluding hydrogens is 400 g/mol. The molecule has 0 radical (unpaired) electrons. The van der Waals surface area contributed by atoms with E-state index >= 15 is 0 Å². The van der Waals surface area contributed by atoms with Gasteiger partial charge in [0.05, 0.1) is 7.11 Å². The fourth-order valence-electron chi connectivity index (χ4n) is 5.56. The largest absolute Gasteiger partial charge is 0.497 e. The molecule has 0 bridgehead atoms. The van der Waals surface area contributed by atoms with Gasteiger partial charge in [0.25, 0.3) is 0 Å². The molecule has 2 amide bonds. The molecule has 2 aromatic rings. The fraction of sp³-hybridized carbons (Fsp3) is 0.500. The Labute approximate surface area is 191 Å².